The van der Waals surface area contributed by atoms with Gasteiger partial charge in [0.05, 0.1) is 0 Å². The highest BCUT2D eigenvalue weighted by Gasteiger charge is 2.17. The van der Waals surface area contributed by atoms with Gasteiger partial charge in [-0.2, -0.15) is 0 Å². The number of anilines is 1. The van der Waals surface area contributed by atoms with E-state index < -0.39 is 18.5 Å². The fraction of sp³-hybridized carbons (Fsp3) is 0.0476. The molecule has 0 spiro atoms. The van der Waals surface area contributed by atoms with Gasteiger partial charge in [-0.3, -0.25) is 10.1 Å². The highest BCUT2D eigenvalue weighted by atomic mass is 16.5. The van der Waals surface area contributed by atoms with Crippen LogP contribution in [-0.4, -0.2) is 33.8 Å². The summed E-state index contributed by atoms with van der Waals surface area (Å²) in [5.41, 5.74) is 0.680. The molecular weight excluding hydrogens is 374 g/mol. The lowest BCUT2D eigenvalue weighted by molar-refractivity contribution is -0.119. The van der Waals surface area contributed by atoms with E-state index in [0.717, 1.165) is 10.8 Å². The quantitative estimate of drug-likeness (QED) is 0.503. The van der Waals surface area contributed by atoms with Crippen LogP contribution in [0.15, 0.2) is 71.1 Å². The topological polar surface area (TPSA) is 115 Å². The smallest absolute Gasteiger partial charge is 0.342 e. The Labute approximate surface area is 164 Å². The van der Waals surface area contributed by atoms with Crippen molar-refractivity contribution in [3.8, 4) is 17.2 Å². The first-order valence-corrected chi connectivity index (χ1v) is 8.68. The minimum atomic E-state index is -0.820. The summed E-state index contributed by atoms with van der Waals surface area (Å²) >= 11 is 0. The van der Waals surface area contributed by atoms with E-state index in [9.17, 15) is 14.7 Å². The molecular formula is C21H15N3O5. The molecule has 3 aromatic carbocycles. The van der Waals surface area contributed by atoms with Crippen LogP contribution in [0.4, 0.5) is 6.01 Å². The molecule has 1 heterocycles. The number of nitrogens with one attached hydrogen (secondary N) is 1. The Hall–Kier alpha value is -4.20. The zero-order valence-corrected chi connectivity index (χ0v) is 15.0. The van der Waals surface area contributed by atoms with Crippen LogP contribution in [0.1, 0.15) is 10.4 Å². The predicted octanol–water partition coefficient (Wildman–Crippen LogP) is 3.39. The average Bonchev–Trinajstić information content (AvgIpc) is 3.20. The van der Waals surface area contributed by atoms with Crippen LogP contribution in [0.5, 0.6) is 5.75 Å². The van der Waals surface area contributed by atoms with Gasteiger partial charge < -0.3 is 14.3 Å². The Morgan fingerprint density at radius 2 is 1.66 bits per heavy atom. The van der Waals surface area contributed by atoms with Gasteiger partial charge in [0.1, 0.15) is 11.3 Å². The molecule has 29 heavy (non-hydrogen) atoms. The van der Waals surface area contributed by atoms with Crippen LogP contribution in [0.3, 0.4) is 0 Å². The van der Waals surface area contributed by atoms with Crippen molar-refractivity contribution in [3.63, 3.8) is 0 Å². The Bertz CT molecular complexity index is 1190. The number of hydrogen-bond donors (Lipinski definition) is 2. The second kappa shape index (κ2) is 7.81. The third kappa shape index (κ3) is 4.06. The van der Waals surface area contributed by atoms with Gasteiger partial charge in [0.2, 0.25) is 5.89 Å². The lowest BCUT2D eigenvalue weighted by Crippen LogP contribution is -2.21. The van der Waals surface area contributed by atoms with Gasteiger partial charge in [0.25, 0.3) is 5.91 Å². The number of esters is 1. The summed E-state index contributed by atoms with van der Waals surface area (Å²) in [7, 11) is 0. The van der Waals surface area contributed by atoms with Crippen molar-refractivity contribution in [1.82, 2.24) is 10.2 Å². The number of amides is 1. The normalized spacial score (nSPS) is 10.6. The zero-order valence-electron chi connectivity index (χ0n) is 15.0. The fourth-order valence-corrected chi connectivity index (χ4v) is 2.73. The molecule has 4 rings (SSSR count). The molecule has 8 heteroatoms. The second-order valence-electron chi connectivity index (χ2n) is 6.12. The van der Waals surface area contributed by atoms with E-state index in [2.05, 4.69) is 15.5 Å². The standard InChI is InChI=1S/C21H15N3O5/c25-17-11-15-9-5-4-8-14(15)10-16(17)20(27)28-12-18(26)22-21-24-23-19(29-21)13-6-2-1-3-7-13/h1-11,25H,12H2,(H,22,24,26). The van der Waals surface area contributed by atoms with Gasteiger partial charge >= 0.3 is 12.0 Å². The van der Waals surface area contributed by atoms with Crippen LogP contribution in [0.25, 0.3) is 22.2 Å². The molecule has 4 aromatic rings. The molecule has 1 amide bonds. The number of carbonyl (C=O) groups excluding carboxylic acids is 2. The number of aromatic hydroxyl groups is 1. The summed E-state index contributed by atoms with van der Waals surface area (Å²) in [4.78, 5) is 24.3. The minimum Gasteiger partial charge on any atom is -0.507 e. The van der Waals surface area contributed by atoms with Crippen molar-refractivity contribution in [2.24, 2.45) is 0 Å². The molecule has 0 aliphatic carbocycles. The van der Waals surface area contributed by atoms with E-state index >= 15 is 0 Å². The Morgan fingerprint density at radius 1 is 0.966 bits per heavy atom. The monoisotopic (exact) mass is 389 g/mol. The first kappa shape index (κ1) is 18.2. The van der Waals surface area contributed by atoms with Crippen molar-refractivity contribution >= 4 is 28.7 Å². The molecule has 0 bridgehead atoms. The van der Waals surface area contributed by atoms with E-state index in [-0.39, 0.29) is 23.2 Å². The molecule has 0 radical (unpaired) electrons. The Balaban J connectivity index is 1.38. The molecule has 0 saturated heterocycles. The number of benzene rings is 3. The first-order valence-electron chi connectivity index (χ1n) is 8.68. The summed E-state index contributed by atoms with van der Waals surface area (Å²) in [6.45, 7) is -0.575. The molecule has 0 aliphatic rings. The predicted molar refractivity (Wildman–Crippen MR) is 104 cm³/mol. The van der Waals surface area contributed by atoms with Crippen molar-refractivity contribution in [2.45, 2.75) is 0 Å². The number of carbonyl (C=O) groups is 2. The average molecular weight is 389 g/mol. The largest absolute Gasteiger partial charge is 0.507 e. The molecule has 0 atom stereocenters. The summed E-state index contributed by atoms with van der Waals surface area (Å²) in [5, 5.41) is 21.6. The molecule has 0 saturated carbocycles. The van der Waals surface area contributed by atoms with Crippen molar-refractivity contribution in [1.29, 1.82) is 0 Å². The first-order chi connectivity index (χ1) is 14.1. The number of hydrogen-bond acceptors (Lipinski definition) is 7. The maximum Gasteiger partial charge on any atom is 0.342 e. The number of ether oxygens (including phenoxy) is 1. The van der Waals surface area contributed by atoms with Gasteiger partial charge in [-0.25, -0.2) is 4.79 Å². The number of phenolic OH excluding ortho intramolecular Hbond substituents is 1. The van der Waals surface area contributed by atoms with Gasteiger partial charge in [0.15, 0.2) is 6.61 Å². The van der Waals surface area contributed by atoms with E-state index in [4.69, 9.17) is 9.15 Å². The van der Waals surface area contributed by atoms with Crippen LogP contribution in [0.2, 0.25) is 0 Å². The molecule has 144 valence electrons. The third-order valence-corrected chi connectivity index (χ3v) is 4.11. The number of rotatable bonds is 5. The molecule has 2 N–H and O–H groups in total. The molecule has 0 unspecified atom stereocenters. The van der Waals surface area contributed by atoms with E-state index in [1.807, 2.05) is 36.4 Å². The van der Waals surface area contributed by atoms with Crippen molar-refractivity contribution in [2.75, 3.05) is 11.9 Å². The number of aromatic nitrogens is 2. The highest BCUT2D eigenvalue weighted by molar-refractivity contribution is 6.00. The van der Waals surface area contributed by atoms with E-state index in [1.165, 1.54) is 12.1 Å². The van der Waals surface area contributed by atoms with Gasteiger partial charge in [-0.05, 0) is 35.0 Å². The maximum absolute atomic E-state index is 12.2. The van der Waals surface area contributed by atoms with Crippen molar-refractivity contribution < 1.29 is 23.8 Å². The number of fused-ring (bicyclic) bond motifs is 1. The molecule has 8 nitrogen and oxygen atoms in total. The Morgan fingerprint density at radius 3 is 2.41 bits per heavy atom. The van der Waals surface area contributed by atoms with Crippen LogP contribution in [0, 0.1) is 0 Å². The zero-order chi connectivity index (χ0) is 20.2. The fourth-order valence-electron chi connectivity index (χ4n) is 2.73. The van der Waals surface area contributed by atoms with E-state index in [1.54, 1.807) is 18.2 Å². The Kier molecular flexibility index (Phi) is 4.90. The minimum absolute atomic E-state index is 0.0272. The molecule has 0 aliphatic heterocycles. The van der Waals surface area contributed by atoms with Crippen LogP contribution in [-0.2, 0) is 9.53 Å². The van der Waals surface area contributed by atoms with E-state index in [0.29, 0.717) is 5.56 Å². The summed E-state index contributed by atoms with van der Waals surface area (Å²) < 4.78 is 10.3. The van der Waals surface area contributed by atoms with Gasteiger partial charge in [-0.15, -0.1) is 5.10 Å². The second-order valence-corrected chi connectivity index (χ2v) is 6.12. The molecule has 0 fully saturated rings. The maximum atomic E-state index is 12.2. The summed E-state index contributed by atoms with van der Waals surface area (Å²) in [6, 6.07) is 19.2. The highest BCUT2D eigenvalue weighted by Crippen LogP contribution is 2.25. The molecule has 1 aromatic heterocycles. The summed E-state index contributed by atoms with van der Waals surface area (Å²) in [6.07, 6.45) is 0. The van der Waals surface area contributed by atoms with Gasteiger partial charge in [-0.1, -0.05) is 47.6 Å². The lowest BCUT2D eigenvalue weighted by atomic mass is 10.1. The lowest BCUT2D eigenvalue weighted by Gasteiger charge is -2.07. The number of nitrogens with zero attached hydrogens (tertiary/aromatic N) is 2. The van der Waals surface area contributed by atoms with Crippen molar-refractivity contribution in [3.05, 3.63) is 72.3 Å². The van der Waals surface area contributed by atoms with Gasteiger partial charge in [0, 0.05) is 5.56 Å². The van der Waals surface area contributed by atoms with Crippen LogP contribution < -0.4 is 5.32 Å². The third-order valence-electron chi connectivity index (χ3n) is 4.11. The summed E-state index contributed by atoms with van der Waals surface area (Å²) in [5.74, 6) is -1.45. The SMILES string of the molecule is O=C(COC(=O)c1cc2ccccc2cc1O)Nc1nnc(-c2ccccc2)o1. The van der Waals surface area contributed by atoms with Crippen LogP contribution >= 0.6 is 0 Å². The number of phenols is 1.